The largest absolute Gasteiger partial charge is 0.495 e. The van der Waals surface area contributed by atoms with E-state index in [0.717, 1.165) is 5.56 Å². The van der Waals surface area contributed by atoms with E-state index in [2.05, 4.69) is 10.2 Å². The molecular formula is C21H19N3O5S. The van der Waals surface area contributed by atoms with Crippen LogP contribution in [0.5, 0.6) is 11.5 Å². The molecule has 154 valence electrons. The Kier molecular flexibility index (Phi) is 6.53. The van der Waals surface area contributed by atoms with Crippen LogP contribution >= 0.6 is 0 Å². The van der Waals surface area contributed by atoms with Gasteiger partial charge >= 0.3 is 0 Å². The van der Waals surface area contributed by atoms with Crippen LogP contribution in [0, 0.1) is 17.0 Å². The van der Waals surface area contributed by atoms with Gasteiger partial charge < -0.3 is 9.47 Å². The number of methoxy groups -OCH3 is 2. The van der Waals surface area contributed by atoms with Crippen LogP contribution in [0.15, 0.2) is 80.7 Å². The Labute approximate surface area is 175 Å². The second-order valence-electron chi connectivity index (χ2n) is 6.18. The summed E-state index contributed by atoms with van der Waals surface area (Å²) < 4.78 is 24.2. The summed E-state index contributed by atoms with van der Waals surface area (Å²) in [6.45, 7) is 1.94. The molecule has 3 rings (SSSR count). The molecule has 3 aromatic carbocycles. The summed E-state index contributed by atoms with van der Waals surface area (Å²) in [5, 5.41) is 19.5. The number of ether oxygens (including phenoxy) is 2. The number of nitro groups is 1. The van der Waals surface area contributed by atoms with Gasteiger partial charge in [0.05, 0.1) is 29.9 Å². The lowest BCUT2D eigenvalue weighted by atomic mass is 10.2. The topological polar surface area (TPSA) is 103 Å². The van der Waals surface area contributed by atoms with Crippen LogP contribution in [0.25, 0.3) is 0 Å². The summed E-state index contributed by atoms with van der Waals surface area (Å²) in [4.78, 5) is 11.5. The summed E-state index contributed by atoms with van der Waals surface area (Å²) in [6.07, 6.45) is 0. The van der Waals surface area contributed by atoms with Gasteiger partial charge in [-0.15, -0.1) is 10.2 Å². The molecule has 9 heteroatoms. The first-order valence-corrected chi connectivity index (χ1v) is 9.99. The summed E-state index contributed by atoms with van der Waals surface area (Å²) in [6, 6.07) is 16.4. The van der Waals surface area contributed by atoms with Gasteiger partial charge in [-0.1, -0.05) is 29.8 Å². The van der Waals surface area contributed by atoms with Crippen molar-refractivity contribution in [1.29, 1.82) is 0 Å². The first-order valence-electron chi connectivity index (χ1n) is 8.85. The average molecular weight is 425 g/mol. The van der Waals surface area contributed by atoms with Crippen molar-refractivity contribution in [2.75, 3.05) is 14.2 Å². The van der Waals surface area contributed by atoms with E-state index in [1.54, 1.807) is 36.4 Å². The minimum Gasteiger partial charge on any atom is -0.495 e. The maximum Gasteiger partial charge on any atom is 0.296 e. The van der Waals surface area contributed by atoms with E-state index < -0.39 is 15.7 Å². The normalized spacial score (nSPS) is 12.0. The zero-order valence-electron chi connectivity index (χ0n) is 16.6. The zero-order valence-corrected chi connectivity index (χ0v) is 17.4. The van der Waals surface area contributed by atoms with Gasteiger partial charge in [-0.25, -0.2) is 4.21 Å². The van der Waals surface area contributed by atoms with E-state index in [9.17, 15) is 14.3 Å². The van der Waals surface area contributed by atoms with Gasteiger partial charge in [-0.05, 0) is 37.3 Å². The Morgan fingerprint density at radius 2 is 1.53 bits per heavy atom. The van der Waals surface area contributed by atoms with Crippen molar-refractivity contribution in [2.45, 2.75) is 16.7 Å². The monoisotopic (exact) mass is 425 g/mol. The number of aryl methyl sites for hydroxylation is 1. The Hall–Kier alpha value is -3.59. The molecule has 0 aliphatic rings. The number of nitrogens with zero attached hydrogens (tertiary/aromatic N) is 3. The molecule has 0 radical (unpaired) electrons. The molecule has 3 aromatic rings. The van der Waals surface area contributed by atoms with Gasteiger partial charge in [-0.3, -0.25) is 10.1 Å². The molecule has 0 fully saturated rings. The molecule has 8 nitrogen and oxygen atoms in total. The summed E-state index contributed by atoms with van der Waals surface area (Å²) >= 11 is 0. The Morgan fingerprint density at radius 1 is 0.900 bits per heavy atom. The van der Waals surface area contributed by atoms with Crippen LogP contribution in [0.2, 0.25) is 0 Å². The first-order chi connectivity index (χ1) is 14.5. The summed E-state index contributed by atoms with van der Waals surface area (Å²) in [7, 11) is 1.25. The fourth-order valence-corrected chi connectivity index (χ4v) is 3.99. The number of azo groups is 1. The summed E-state index contributed by atoms with van der Waals surface area (Å²) in [5.74, 6) is 0.653. The van der Waals surface area contributed by atoms with Gasteiger partial charge in [0, 0.05) is 11.0 Å². The van der Waals surface area contributed by atoms with E-state index >= 15 is 0 Å². The second-order valence-corrected chi connectivity index (χ2v) is 7.59. The van der Waals surface area contributed by atoms with Crippen LogP contribution in [0.3, 0.4) is 0 Å². The van der Waals surface area contributed by atoms with Gasteiger partial charge in [0.1, 0.15) is 22.1 Å². The van der Waals surface area contributed by atoms with Crippen molar-refractivity contribution >= 4 is 27.9 Å². The number of nitro benzene ring substituents is 1. The van der Waals surface area contributed by atoms with Crippen molar-refractivity contribution < 1.29 is 18.6 Å². The Balaban J connectivity index is 2.17. The van der Waals surface area contributed by atoms with Crippen LogP contribution in [-0.2, 0) is 10.8 Å². The molecule has 0 amide bonds. The molecule has 30 heavy (non-hydrogen) atoms. The molecule has 1 unspecified atom stereocenters. The fraction of sp³-hybridized carbons (Fsp3) is 0.143. The van der Waals surface area contributed by atoms with E-state index in [0.29, 0.717) is 16.4 Å². The van der Waals surface area contributed by atoms with Crippen molar-refractivity contribution in [3.05, 3.63) is 76.3 Å². The summed E-state index contributed by atoms with van der Waals surface area (Å²) in [5.41, 5.74) is 1.09. The highest BCUT2D eigenvalue weighted by molar-refractivity contribution is 7.85. The first kappa shape index (κ1) is 21.1. The molecular weight excluding hydrogens is 406 g/mol. The van der Waals surface area contributed by atoms with E-state index in [4.69, 9.17) is 9.47 Å². The lowest BCUT2D eigenvalue weighted by Gasteiger charge is -2.14. The standard InChI is InChI=1S/C21H19N3O5S/c1-14-8-10-15(11-9-14)30(27)21-19(29-3)13-12-18(28-2)20(21)23-22-16-6-4-5-7-17(16)24(25)26/h4-13H,1-3H3. The molecule has 1 atom stereocenters. The molecule has 0 N–H and O–H groups in total. The number of para-hydroxylation sites is 1. The highest BCUT2D eigenvalue weighted by Crippen LogP contribution is 2.43. The van der Waals surface area contributed by atoms with E-state index in [1.807, 2.05) is 19.1 Å². The molecule has 0 aliphatic carbocycles. The molecule has 0 saturated heterocycles. The number of hydrogen-bond acceptors (Lipinski definition) is 7. The SMILES string of the molecule is COc1ccc(OC)c(S(=O)c2ccc(C)cc2)c1N=Nc1ccccc1[N+](=O)[O-]. The lowest BCUT2D eigenvalue weighted by molar-refractivity contribution is -0.384. The van der Waals surface area contributed by atoms with Gasteiger partial charge in [0.2, 0.25) is 0 Å². The van der Waals surface area contributed by atoms with Gasteiger partial charge in [-0.2, -0.15) is 0 Å². The molecule has 0 saturated carbocycles. The maximum absolute atomic E-state index is 13.4. The van der Waals surface area contributed by atoms with E-state index in [1.165, 1.54) is 26.4 Å². The molecule has 0 aromatic heterocycles. The van der Waals surface area contributed by atoms with Gasteiger partial charge in [0.25, 0.3) is 5.69 Å². The predicted octanol–water partition coefficient (Wildman–Crippen LogP) is 5.50. The second kappa shape index (κ2) is 9.27. The van der Waals surface area contributed by atoms with E-state index in [-0.39, 0.29) is 22.0 Å². The zero-order chi connectivity index (χ0) is 21.7. The van der Waals surface area contributed by atoms with Crippen LogP contribution in [-0.4, -0.2) is 23.4 Å². The fourth-order valence-electron chi connectivity index (χ4n) is 2.72. The van der Waals surface area contributed by atoms with Crippen molar-refractivity contribution in [3.63, 3.8) is 0 Å². The van der Waals surface area contributed by atoms with Crippen LogP contribution in [0.4, 0.5) is 17.1 Å². The smallest absolute Gasteiger partial charge is 0.296 e. The minimum atomic E-state index is -1.65. The highest BCUT2D eigenvalue weighted by atomic mass is 32.2. The lowest BCUT2D eigenvalue weighted by Crippen LogP contribution is -1.99. The molecule has 0 bridgehead atoms. The molecule has 0 aliphatic heterocycles. The maximum atomic E-state index is 13.4. The third kappa shape index (κ3) is 4.36. The number of rotatable bonds is 7. The molecule has 0 heterocycles. The minimum absolute atomic E-state index is 0.0689. The average Bonchev–Trinajstić information content (AvgIpc) is 2.77. The van der Waals surface area contributed by atoms with Crippen molar-refractivity contribution in [2.24, 2.45) is 10.2 Å². The van der Waals surface area contributed by atoms with Crippen molar-refractivity contribution in [3.8, 4) is 11.5 Å². The highest BCUT2D eigenvalue weighted by Gasteiger charge is 2.22. The quantitative estimate of drug-likeness (QED) is 0.282. The van der Waals surface area contributed by atoms with Crippen LogP contribution in [0.1, 0.15) is 5.56 Å². The Bertz CT molecular complexity index is 1130. The third-order valence-electron chi connectivity index (χ3n) is 4.25. The predicted molar refractivity (Wildman–Crippen MR) is 113 cm³/mol. The third-order valence-corrected chi connectivity index (χ3v) is 5.72. The van der Waals surface area contributed by atoms with Crippen LogP contribution < -0.4 is 9.47 Å². The number of hydrogen-bond donors (Lipinski definition) is 0. The van der Waals surface area contributed by atoms with Crippen molar-refractivity contribution in [1.82, 2.24) is 0 Å². The number of benzene rings is 3. The molecule has 0 spiro atoms. The Morgan fingerprint density at radius 3 is 2.17 bits per heavy atom. The van der Waals surface area contributed by atoms with Gasteiger partial charge in [0.15, 0.2) is 5.69 Å².